The quantitative estimate of drug-likeness (QED) is 0.495. The highest BCUT2D eigenvalue weighted by molar-refractivity contribution is 9.10. The van der Waals surface area contributed by atoms with Gasteiger partial charge in [0.25, 0.3) is 0 Å². The van der Waals surface area contributed by atoms with Crippen molar-refractivity contribution >= 4 is 21.9 Å². The molecule has 0 aliphatic carbocycles. The van der Waals surface area contributed by atoms with Gasteiger partial charge in [0.1, 0.15) is 11.5 Å². The Hall–Kier alpha value is -2.09. The molecule has 3 rings (SSSR count). The molecule has 1 saturated heterocycles. The summed E-state index contributed by atoms with van der Waals surface area (Å²) in [6.45, 7) is 4.57. The Morgan fingerprint density at radius 2 is 1.88 bits per heavy atom. The van der Waals surface area contributed by atoms with E-state index in [9.17, 15) is 9.90 Å². The Morgan fingerprint density at radius 1 is 1.16 bits per heavy atom. The molecule has 32 heavy (non-hydrogen) atoms. The molecule has 7 heteroatoms. The van der Waals surface area contributed by atoms with Crippen molar-refractivity contribution in [2.75, 3.05) is 33.4 Å². The van der Waals surface area contributed by atoms with Crippen molar-refractivity contribution in [3.63, 3.8) is 0 Å². The van der Waals surface area contributed by atoms with E-state index in [0.717, 1.165) is 61.1 Å². The highest BCUT2D eigenvalue weighted by Gasteiger charge is 2.20. The summed E-state index contributed by atoms with van der Waals surface area (Å²) in [7, 11) is 1.63. The molecule has 1 atom stereocenters. The maximum atomic E-state index is 10.8. The molecule has 0 aromatic heterocycles. The predicted octanol–water partition coefficient (Wildman–Crippen LogP) is 4.47. The molecule has 0 bridgehead atoms. The highest BCUT2D eigenvalue weighted by Crippen LogP contribution is 2.30. The summed E-state index contributed by atoms with van der Waals surface area (Å²) >= 11 is 3.42. The lowest BCUT2D eigenvalue weighted by atomic mass is 9.90. The first-order chi connectivity index (χ1) is 15.4. The summed E-state index contributed by atoms with van der Waals surface area (Å²) in [6, 6.07) is 12.0. The van der Waals surface area contributed by atoms with Gasteiger partial charge in [0.15, 0.2) is 6.61 Å². The van der Waals surface area contributed by atoms with E-state index in [2.05, 4.69) is 33.0 Å². The molecule has 2 N–H and O–H groups in total. The van der Waals surface area contributed by atoms with Gasteiger partial charge in [-0.05, 0) is 103 Å². The molecule has 0 spiro atoms. The van der Waals surface area contributed by atoms with Gasteiger partial charge < -0.3 is 24.6 Å². The summed E-state index contributed by atoms with van der Waals surface area (Å²) < 4.78 is 11.5. The fraction of sp³-hybridized carbons (Fsp3) is 0.480. The number of aliphatic carboxylic acids is 1. The number of aliphatic hydroxyl groups excluding tert-OH is 1. The zero-order valence-electron chi connectivity index (χ0n) is 18.7. The first-order valence-electron chi connectivity index (χ1n) is 11.1. The van der Waals surface area contributed by atoms with Gasteiger partial charge in [-0.3, -0.25) is 0 Å². The largest absolute Gasteiger partial charge is 0.496 e. The lowest BCUT2D eigenvalue weighted by Crippen LogP contribution is -2.35. The highest BCUT2D eigenvalue weighted by atomic mass is 79.9. The Balaban J connectivity index is 1.48. The zero-order valence-corrected chi connectivity index (χ0v) is 20.3. The SMILES string of the molecule is COc1ccc(CCN2CCC(Cc3ccc(Br)c(OCC(=O)O)c3)CC2)cc1C(C)O. The molecule has 0 amide bonds. The van der Waals surface area contributed by atoms with Gasteiger partial charge >= 0.3 is 5.97 Å². The van der Waals surface area contributed by atoms with Crippen LogP contribution in [0, 0.1) is 5.92 Å². The Labute approximate surface area is 198 Å². The van der Waals surface area contributed by atoms with Crippen LogP contribution in [0.4, 0.5) is 0 Å². The van der Waals surface area contributed by atoms with E-state index in [4.69, 9.17) is 14.6 Å². The number of ether oxygens (including phenoxy) is 2. The van der Waals surface area contributed by atoms with Crippen LogP contribution in [0.2, 0.25) is 0 Å². The molecule has 2 aromatic carbocycles. The lowest BCUT2D eigenvalue weighted by Gasteiger charge is -2.32. The molecule has 1 aliphatic rings. The standard InChI is InChI=1S/C25H32BrNO5/c1-17(28)21-14-18(4-6-23(21)31-2)7-10-27-11-8-19(9-12-27)13-20-3-5-22(26)24(15-20)32-16-25(29)30/h3-6,14-15,17,19,28H,7-13,16H2,1-2H3,(H,29,30). The van der Waals surface area contributed by atoms with Crippen LogP contribution in [-0.4, -0.2) is 54.4 Å². The first-order valence-corrected chi connectivity index (χ1v) is 11.8. The second-order valence-corrected chi connectivity index (χ2v) is 9.29. The number of halogens is 1. The van der Waals surface area contributed by atoms with Crippen molar-refractivity contribution in [3.8, 4) is 11.5 Å². The average molecular weight is 506 g/mol. The fourth-order valence-electron chi connectivity index (χ4n) is 4.23. The van der Waals surface area contributed by atoms with E-state index in [-0.39, 0.29) is 6.61 Å². The molecule has 1 heterocycles. The smallest absolute Gasteiger partial charge is 0.341 e. The number of piperidine rings is 1. The van der Waals surface area contributed by atoms with Crippen molar-refractivity contribution in [2.24, 2.45) is 5.92 Å². The van der Waals surface area contributed by atoms with E-state index >= 15 is 0 Å². The molecular weight excluding hydrogens is 474 g/mol. The van der Waals surface area contributed by atoms with Gasteiger partial charge in [-0.2, -0.15) is 0 Å². The first kappa shape index (κ1) is 24.6. The van der Waals surface area contributed by atoms with Gasteiger partial charge in [-0.15, -0.1) is 0 Å². The van der Waals surface area contributed by atoms with Gasteiger partial charge in [0.05, 0.1) is 17.7 Å². The molecular formula is C25H32BrNO5. The number of carboxylic acid groups (broad SMARTS) is 1. The third-order valence-corrected chi connectivity index (χ3v) is 6.69. The summed E-state index contributed by atoms with van der Waals surface area (Å²) in [5, 5.41) is 18.8. The molecule has 0 radical (unpaired) electrons. The minimum atomic E-state index is -0.980. The predicted molar refractivity (Wildman–Crippen MR) is 127 cm³/mol. The normalized spacial score (nSPS) is 16.0. The number of carboxylic acids is 1. The van der Waals surface area contributed by atoms with E-state index in [1.165, 1.54) is 11.1 Å². The van der Waals surface area contributed by atoms with Crippen LogP contribution >= 0.6 is 15.9 Å². The van der Waals surface area contributed by atoms with E-state index in [0.29, 0.717) is 11.7 Å². The molecule has 0 saturated carbocycles. The Morgan fingerprint density at radius 3 is 2.53 bits per heavy atom. The number of rotatable bonds is 10. The summed E-state index contributed by atoms with van der Waals surface area (Å²) in [4.78, 5) is 13.3. The number of aliphatic hydroxyl groups is 1. The summed E-state index contributed by atoms with van der Waals surface area (Å²) in [5.74, 6) is 0.946. The number of hydrogen-bond donors (Lipinski definition) is 2. The van der Waals surface area contributed by atoms with Crippen LogP contribution in [0.15, 0.2) is 40.9 Å². The minimum Gasteiger partial charge on any atom is -0.496 e. The van der Waals surface area contributed by atoms with Crippen LogP contribution in [0.3, 0.4) is 0 Å². The molecule has 1 aliphatic heterocycles. The zero-order chi connectivity index (χ0) is 23.1. The lowest BCUT2D eigenvalue weighted by molar-refractivity contribution is -0.139. The van der Waals surface area contributed by atoms with Crippen LogP contribution in [-0.2, 0) is 17.6 Å². The molecule has 1 unspecified atom stereocenters. The second kappa shape index (κ2) is 11.7. The number of likely N-dealkylation sites (tertiary alicyclic amines) is 1. The topological polar surface area (TPSA) is 79.2 Å². The maximum Gasteiger partial charge on any atom is 0.341 e. The summed E-state index contributed by atoms with van der Waals surface area (Å²) in [6.07, 6.45) is 3.66. The molecule has 1 fully saturated rings. The third kappa shape index (κ3) is 6.95. The molecule has 174 valence electrons. The van der Waals surface area contributed by atoms with Crippen molar-refractivity contribution in [1.29, 1.82) is 0 Å². The number of methoxy groups -OCH3 is 1. The number of nitrogens with zero attached hydrogens (tertiary/aromatic N) is 1. The van der Waals surface area contributed by atoms with Crippen LogP contribution in [0.1, 0.15) is 42.6 Å². The third-order valence-electron chi connectivity index (χ3n) is 6.04. The molecule has 6 nitrogen and oxygen atoms in total. The van der Waals surface area contributed by atoms with E-state index in [1.54, 1.807) is 14.0 Å². The van der Waals surface area contributed by atoms with Crippen LogP contribution < -0.4 is 9.47 Å². The number of hydrogen-bond acceptors (Lipinski definition) is 5. The van der Waals surface area contributed by atoms with Gasteiger partial charge in [0.2, 0.25) is 0 Å². The van der Waals surface area contributed by atoms with Crippen molar-refractivity contribution in [1.82, 2.24) is 4.90 Å². The van der Waals surface area contributed by atoms with Crippen molar-refractivity contribution in [2.45, 2.75) is 38.7 Å². The fourth-order valence-corrected chi connectivity index (χ4v) is 4.59. The molecule has 2 aromatic rings. The van der Waals surface area contributed by atoms with Crippen molar-refractivity contribution < 1.29 is 24.5 Å². The van der Waals surface area contributed by atoms with E-state index < -0.39 is 12.1 Å². The minimum absolute atomic E-state index is 0.340. The van der Waals surface area contributed by atoms with Crippen molar-refractivity contribution in [3.05, 3.63) is 57.6 Å². The van der Waals surface area contributed by atoms with Crippen LogP contribution in [0.25, 0.3) is 0 Å². The monoisotopic (exact) mass is 505 g/mol. The average Bonchev–Trinajstić information content (AvgIpc) is 2.78. The second-order valence-electron chi connectivity index (χ2n) is 8.44. The van der Waals surface area contributed by atoms with Crippen LogP contribution in [0.5, 0.6) is 11.5 Å². The Kier molecular flexibility index (Phi) is 8.96. The van der Waals surface area contributed by atoms with Gasteiger partial charge in [-0.25, -0.2) is 4.79 Å². The Bertz CT molecular complexity index is 909. The number of carbonyl (C=O) groups is 1. The maximum absolute atomic E-state index is 10.8. The number of benzene rings is 2. The summed E-state index contributed by atoms with van der Waals surface area (Å²) in [5.41, 5.74) is 3.23. The van der Waals surface area contributed by atoms with Gasteiger partial charge in [-0.1, -0.05) is 12.1 Å². The van der Waals surface area contributed by atoms with E-state index in [1.807, 2.05) is 24.3 Å². The van der Waals surface area contributed by atoms with Gasteiger partial charge in [0, 0.05) is 12.1 Å².